The van der Waals surface area contributed by atoms with Crippen LogP contribution in [0.3, 0.4) is 0 Å². The van der Waals surface area contributed by atoms with Crippen LogP contribution < -0.4 is 17.0 Å². The molecular weight excluding hydrogens is 472 g/mol. The second kappa shape index (κ2) is 11.7. The summed E-state index contributed by atoms with van der Waals surface area (Å²) in [6.07, 6.45) is 1.99. The molecule has 0 aliphatic carbocycles. The van der Waals surface area contributed by atoms with Crippen molar-refractivity contribution in [1.82, 2.24) is 0 Å². The molecule has 0 heterocycles. The Bertz CT molecular complexity index is 518. The molecule has 26 heavy (non-hydrogen) atoms. The monoisotopic (exact) mass is 501 g/mol. The van der Waals surface area contributed by atoms with E-state index in [0.29, 0.717) is 18.8 Å². The number of quaternary nitrogens is 1. The highest BCUT2D eigenvalue weighted by Gasteiger charge is 2.59. The molecule has 0 saturated carbocycles. The molecule has 0 saturated heterocycles. The van der Waals surface area contributed by atoms with Crippen molar-refractivity contribution >= 4 is 32.1 Å². The van der Waals surface area contributed by atoms with Gasteiger partial charge in [0, 0.05) is 13.3 Å². The molecule has 0 amide bonds. The Hall–Kier alpha value is 0.720. The van der Waals surface area contributed by atoms with Crippen LogP contribution in [0.15, 0.2) is 0 Å². The molecule has 13 heteroatoms. The van der Waals surface area contributed by atoms with Crippen LogP contribution in [-0.4, -0.2) is 71.8 Å². The Balaban J connectivity index is 0. The second-order valence-electron chi connectivity index (χ2n) is 6.45. The zero-order chi connectivity index (χ0) is 19.9. The number of hydrogen-bond acceptors (Lipinski definition) is 5. The molecule has 0 aromatic heterocycles. The number of nitrogens with zero attached hydrogens (tertiary/aromatic N) is 1. The van der Waals surface area contributed by atoms with Crippen molar-refractivity contribution in [2.45, 2.75) is 44.6 Å². The van der Waals surface area contributed by atoms with Crippen molar-refractivity contribution < 1.29 is 60.1 Å². The molecule has 5 N–H and O–H groups in total. The van der Waals surface area contributed by atoms with Gasteiger partial charge in [-0.15, -0.1) is 0 Å². The van der Waals surface area contributed by atoms with Gasteiger partial charge in [-0.05, 0) is 12.8 Å². The molecule has 0 aliphatic rings. The lowest BCUT2D eigenvalue weighted by atomic mass is 10.2. The number of aliphatic hydroxyl groups is 1. The van der Waals surface area contributed by atoms with Crippen molar-refractivity contribution in [3.8, 4) is 0 Å². The van der Waals surface area contributed by atoms with E-state index in [9.17, 15) is 38.6 Å². The fourth-order valence-corrected chi connectivity index (χ4v) is 5.33. The van der Waals surface area contributed by atoms with E-state index in [1.165, 1.54) is 6.92 Å². The average Bonchev–Trinajstić information content (AvgIpc) is 2.42. The molecule has 0 aromatic rings. The minimum absolute atomic E-state index is 0. The number of halogens is 1. The minimum Gasteiger partial charge on any atom is -1.00 e. The Kier molecular flexibility index (Phi) is 13.0. The average molecular weight is 502 g/mol. The fraction of sp³-hybridized carbons (Fsp3) is 0.923. The van der Waals surface area contributed by atoms with Gasteiger partial charge in [0.05, 0.1) is 32.4 Å². The highest BCUT2D eigenvalue weighted by Crippen LogP contribution is 2.69. The lowest BCUT2D eigenvalue weighted by Gasteiger charge is -2.38. The van der Waals surface area contributed by atoms with Crippen molar-refractivity contribution in [2.75, 3.05) is 32.4 Å². The van der Waals surface area contributed by atoms with E-state index in [1.54, 1.807) is 7.05 Å². The Morgan fingerprint density at radius 3 is 1.92 bits per heavy atom. The maximum atomic E-state index is 11.5. The summed E-state index contributed by atoms with van der Waals surface area (Å²) >= 11 is 1.12. The minimum atomic E-state index is -5.45. The third-order valence-corrected chi connectivity index (χ3v) is 8.83. The topological polar surface area (TPSA) is 152 Å². The third-order valence-electron chi connectivity index (χ3n) is 4.16. The van der Waals surface area contributed by atoms with E-state index < -0.39 is 26.7 Å². The van der Waals surface area contributed by atoms with Gasteiger partial charge in [-0.25, -0.2) is 0 Å². The molecule has 1 atom stereocenters. The molecule has 0 spiro atoms. The molecule has 0 bridgehead atoms. The van der Waals surface area contributed by atoms with Crippen LogP contribution in [0.5, 0.6) is 0 Å². The Morgan fingerprint density at radius 1 is 1.04 bits per heavy atom. The van der Waals surface area contributed by atoms with Crippen molar-refractivity contribution in [2.24, 2.45) is 0 Å². The Labute approximate surface area is 169 Å². The molecule has 0 radical (unpaired) electrons. The number of thioether (sulfide) groups is 1. The lowest BCUT2D eigenvalue weighted by Crippen LogP contribution is -3.00. The van der Waals surface area contributed by atoms with Gasteiger partial charge in [0.2, 0.25) is 0 Å². The molecule has 158 valence electrons. The predicted molar refractivity (Wildman–Crippen MR) is 97.1 cm³/mol. The fourth-order valence-electron chi connectivity index (χ4n) is 2.37. The highest BCUT2D eigenvalue weighted by atomic mass is 79.9. The van der Waals surface area contributed by atoms with Crippen molar-refractivity contribution in [3.05, 3.63) is 0 Å². The second-order valence-corrected chi connectivity index (χ2v) is 11.7. The van der Waals surface area contributed by atoms with Gasteiger partial charge in [0.15, 0.2) is 5.12 Å². The SMILES string of the molecule is CCCCC[N+](C)(CCSC(C)=O)CCC(O)(P(=O)(O)O)P(=O)(O)O.[Br-]. The van der Waals surface area contributed by atoms with Gasteiger partial charge in [-0.3, -0.25) is 13.9 Å². The first kappa shape index (κ1) is 28.9. The first-order valence-electron chi connectivity index (χ1n) is 7.99. The summed E-state index contributed by atoms with van der Waals surface area (Å²) in [6.45, 7) is 4.52. The van der Waals surface area contributed by atoms with E-state index in [2.05, 4.69) is 0 Å². The summed E-state index contributed by atoms with van der Waals surface area (Å²) in [5.41, 5.74) is 0. The van der Waals surface area contributed by atoms with Gasteiger partial charge < -0.3 is 46.1 Å². The van der Waals surface area contributed by atoms with Crippen LogP contribution in [-0.2, 0) is 13.9 Å². The summed E-state index contributed by atoms with van der Waals surface area (Å²) in [5.74, 6) is 0.474. The van der Waals surface area contributed by atoms with Gasteiger partial charge in [0.25, 0.3) is 5.08 Å². The van der Waals surface area contributed by atoms with E-state index in [4.69, 9.17) is 0 Å². The molecule has 9 nitrogen and oxygen atoms in total. The molecule has 0 fully saturated rings. The van der Waals surface area contributed by atoms with E-state index in [-0.39, 0.29) is 33.1 Å². The Morgan fingerprint density at radius 2 is 1.54 bits per heavy atom. The highest BCUT2D eigenvalue weighted by molar-refractivity contribution is 8.13. The van der Waals surface area contributed by atoms with Gasteiger partial charge in [-0.2, -0.15) is 0 Å². The quantitative estimate of drug-likeness (QED) is 0.119. The van der Waals surface area contributed by atoms with Crippen LogP contribution in [0.2, 0.25) is 0 Å². The molecule has 0 aromatic carbocycles. The van der Waals surface area contributed by atoms with Crippen LogP contribution in [0, 0.1) is 0 Å². The van der Waals surface area contributed by atoms with Crippen LogP contribution in [0.1, 0.15) is 39.5 Å². The standard InChI is InChI=1S/C13H29NO8P2S.BrH/c1-4-5-6-8-14(3,10-11-25-12(2)15)9-7-13(16,23(17,18)19)24(20,21)22;/h16H,4-11H2,1-3H3,(H3-,17,18,19,20,21,22);1H. The van der Waals surface area contributed by atoms with Gasteiger partial charge in [0.1, 0.15) is 0 Å². The normalized spacial score (nSPS) is 15.2. The summed E-state index contributed by atoms with van der Waals surface area (Å²) in [7, 11) is -9.10. The smallest absolute Gasteiger partial charge is 0.369 e. The van der Waals surface area contributed by atoms with Crippen LogP contribution >= 0.6 is 27.0 Å². The summed E-state index contributed by atoms with van der Waals surface area (Å²) in [5, 5.41) is 6.59. The molecule has 0 aliphatic heterocycles. The van der Waals surface area contributed by atoms with Crippen LogP contribution in [0.4, 0.5) is 0 Å². The first-order valence-corrected chi connectivity index (χ1v) is 12.2. The number of carbonyl (C=O) groups excluding carboxylic acids is 1. The number of rotatable bonds is 12. The molecular formula is C13H30BrNO8P2S. The van der Waals surface area contributed by atoms with Gasteiger partial charge in [-0.1, -0.05) is 25.1 Å². The first-order chi connectivity index (χ1) is 11.2. The van der Waals surface area contributed by atoms with Crippen molar-refractivity contribution in [3.63, 3.8) is 0 Å². The van der Waals surface area contributed by atoms with Gasteiger partial charge >= 0.3 is 15.2 Å². The summed E-state index contributed by atoms with van der Waals surface area (Å²) in [4.78, 5) is 48.1. The lowest BCUT2D eigenvalue weighted by molar-refractivity contribution is -0.907. The number of carbonyl (C=O) groups is 1. The van der Waals surface area contributed by atoms with Crippen LogP contribution in [0.25, 0.3) is 0 Å². The largest absolute Gasteiger partial charge is 1.00 e. The maximum absolute atomic E-state index is 11.5. The number of hydrogen-bond donors (Lipinski definition) is 5. The third kappa shape index (κ3) is 9.28. The van der Waals surface area contributed by atoms with Crippen molar-refractivity contribution in [1.29, 1.82) is 0 Å². The van der Waals surface area contributed by atoms with E-state index in [1.807, 2.05) is 6.92 Å². The molecule has 0 rings (SSSR count). The zero-order valence-electron chi connectivity index (χ0n) is 15.2. The molecule has 1 unspecified atom stereocenters. The van der Waals surface area contributed by atoms with E-state index in [0.717, 1.165) is 31.0 Å². The zero-order valence-corrected chi connectivity index (χ0v) is 19.4. The number of unbranched alkanes of at least 4 members (excludes halogenated alkanes) is 2. The summed E-state index contributed by atoms with van der Waals surface area (Å²) in [6, 6.07) is 0. The van der Waals surface area contributed by atoms with E-state index >= 15 is 0 Å². The predicted octanol–water partition coefficient (Wildman–Crippen LogP) is -1.70. The summed E-state index contributed by atoms with van der Waals surface area (Å²) < 4.78 is 23.2. The maximum Gasteiger partial charge on any atom is 0.369 e.